The number of nitrogens with zero attached hydrogens (tertiary/aromatic N) is 1. The van der Waals surface area contributed by atoms with Crippen LogP contribution in [0, 0.1) is 5.92 Å². The molecule has 0 bridgehead atoms. The van der Waals surface area contributed by atoms with Crippen LogP contribution in [-0.2, 0) is 19.6 Å². The van der Waals surface area contributed by atoms with Gasteiger partial charge in [0.25, 0.3) is 5.91 Å². The van der Waals surface area contributed by atoms with Crippen molar-refractivity contribution in [2.24, 2.45) is 5.92 Å². The summed E-state index contributed by atoms with van der Waals surface area (Å²) in [5.74, 6) is 0.0847. The monoisotopic (exact) mass is 366 g/mol. The van der Waals surface area contributed by atoms with Gasteiger partial charge in [0.2, 0.25) is 10.0 Å². The van der Waals surface area contributed by atoms with Crippen molar-refractivity contribution in [3.63, 3.8) is 0 Å². The lowest BCUT2D eigenvalue weighted by Gasteiger charge is -2.30. The van der Waals surface area contributed by atoms with Gasteiger partial charge in [0.15, 0.2) is 0 Å². The molecule has 0 aliphatic carbocycles. The lowest BCUT2D eigenvalue weighted by atomic mass is 10.0. The van der Waals surface area contributed by atoms with E-state index < -0.39 is 16.1 Å². The number of carbonyl (C=O) groups is 1. The van der Waals surface area contributed by atoms with Crippen molar-refractivity contribution in [3.05, 3.63) is 36.9 Å². The minimum Gasteiger partial charge on any atom is -0.365 e. The van der Waals surface area contributed by atoms with Gasteiger partial charge in [-0.1, -0.05) is 13.0 Å². The molecule has 0 saturated carbocycles. The fraction of sp³-hybridized carbons (Fsp3) is 0.500. The number of carbonyl (C=O) groups excluding carboxylic acids is 1. The number of hydrogen-bond donors (Lipinski definition) is 1. The summed E-state index contributed by atoms with van der Waals surface area (Å²) in [6.07, 6.45) is 2.90. The molecule has 138 valence electrons. The number of amides is 1. The minimum absolute atomic E-state index is 0.246. The number of piperidine rings is 1. The molecule has 1 aliphatic heterocycles. The van der Waals surface area contributed by atoms with Crippen molar-refractivity contribution in [1.82, 2.24) is 4.31 Å². The second kappa shape index (κ2) is 8.60. The van der Waals surface area contributed by atoms with E-state index >= 15 is 0 Å². The smallest absolute Gasteiger partial charge is 0.253 e. The van der Waals surface area contributed by atoms with Crippen LogP contribution < -0.4 is 5.32 Å². The zero-order valence-corrected chi connectivity index (χ0v) is 15.6. The van der Waals surface area contributed by atoms with Crippen LogP contribution in [0.5, 0.6) is 0 Å². The Balaban J connectivity index is 2.03. The number of ether oxygens (including phenoxy) is 1. The Morgan fingerprint density at radius 3 is 2.72 bits per heavy atom. The number of anilines is 1. The van der Waals surface area contributed by atoms with Crippen LogP contribution in [0.2, 0.25) is 0 Å². The molecule has 2 unspecified atom stereocenters. The highest BCUT2D eigenvalue weighted by Gasteiger charge is 2.28. The third kappa shape index (κ3) is 5.14. The van der Waals surface area contributed by atoms with E-state index in [0.29, 0.717) is 31.3 Å². The fourth-order valence-corrected chi connectivity index (χ4v) is 4.35. The molecule has 7 heteroatoms. The Labute approximate surface area is 149 Å². The van der Waals surface area contributed by atoms with Crippen molar-refractivity contribution in [3.8, 4) is 0 Å². The Morgan fingerprint density at radius 1 is 1.44 bits per heavy atom. The second-order valence-electron chi connectivity index (χ2n) is 6.39. The highest BCUT2D eigenvalue weighted by Crippen LogP contribution is 2.24. The van der Waals surface area contributed by atoms with E-state index in [-0.39, 0.29) is 10.8 Å². The third-order valence-electron chi connectivity index (χ3n) is 4.21. The summed E-state index contributed by atoms with van der Waals surface area (Å²) in [4.78, 5) is 12.2. The third-order valence-corrected chi connectivity index (χ3v) is 6.09. The SMILES string of the molecule is C=CCOC(C)C(=O)Nc1ccc(S(=O)(=O)N2CCCC(C)C2)cc1. The number of hydrogen-bond acceptors (Lipinski definition) is 4. The van der Waals surface area contributed by atoms with Gasteiger partial charge >= 0.3 is 0 Å². The summed E-state index contributed by atoms with van der Waals surface area (Å²) in [7, 11) is -3.48. The van der Waals surface area contributed by atoms with E-state index in [1.54, 1.807) is 29.4 Å². The van der Waals surface area contributed by atoms with Gasteiger partial charge in [-0.2, -0.15) is 4.31 Å². The van der Waals surface area contributed by atoms with Gasteiger partial charge in [-0.15, -0.1) is 6.58 Å². The van der Waals surface area contributed by atoms with Crippen LogP contribution in [0.1, 0.15) is 26.7 Å². The van der Waals surface area contributed by atoms with Crippen LogP contribution in [-0.4, -0.2) is 44.4 Å². The van der Waals surface area contributed by atoms with E-state index in [2.05, 4.69) is 18.8 Å². The van der Waals surface area contributed by atoms with Gasteiger partial charge in [-0.3, -0.25) is 4.79 Å². The topological polar surface area (TPSA) is 75.7 Å². The minimum atomic E-state index is -3.48. The lowest BCUT2D eigenvalue weighted by molar-refractivity contribution is -0.125. The highest BCUT2D eigenvalue weighted by molar-refractivity contribution is 7.89. The average molecular weight is 366 g/mol. The molecule has 1 aliphatic rings. The summed E-state index contributed by atoms with van der Waals surface area (Å²) in [6, 6.07) is 6.25. The maximum absolute atomic E-state index is 12.7. The predicted molar refractivity (Wildman–Crippen MR) is 97.8 cm³/mol. The first kappa shape index (κ1) is 19.6. The van der Waals surface area contributed by atoms with Crippen LogP contribution in [0.25, 0.3) is 0 Å². The molecule has 1 aromatic carbocycles. The molecule has 1 aromatic rings. The van der Waals surface area contributed by atoms with Crippen LogP contribution in [0.3, 0.4) is 0 Å². The predicted octanol–water partition coefficient (Wildman–Crippen LogP) is 2.64. The second-order valence-corrected chi connectivity index (χ2v) is 8.33. The van der Waals surface area contributed by atoms with Crippen LogP contribution in [0.4, 0.5) is 5.69 Å². The van der Waals surface area contributed by atoms with E-state index in [1.165, 1.54) is 12.1 Å². The van der Waals surface area contributed by atoms with Crippen molar-refractivity contribution < 1.29 is 17.9 Å². The maximum Gasteiger partial charge on any atom is 0.253 e. The molecule has 1 saturated heterocycles. The van der Waals surface area contributed by atoms with Crippen molar-refractivity contribution >= 4 is 21.6 Å². The van der Waals surface area contributed by atoms with E-state index in [1.807, 2.05) is 0 Å². The molecule has 6 nitrogen and oxygen atoms in total. The number of rotatable bonds is 7. The molecular weight excluding hydrogens is 340 g/mol. The number of benzene rings is 1. The first-order chi connectivity index (χ1) is 11.8. The molecule has 2 atom stereocenters. The van der Waals surface area contributed by atoms with Gasteiger partial charge in [-0.05, 0) is 49.9 Å². The fourth-order valence-electron chi connectivity index (χ4n) is 2.76. The first-order valence-electron chi connectivity index (χ1n) is 8.48. The molecule has 1 fully saturated rings. The molecule has 2 rings (SSSR count). The Hall–Kier alpha value is -1.70. The first-order valence-corrected chi connectivity index (χ1v) is 9.92. The van der Waals surface area contributed by atoms with Crippen LogP contribution >= 0.6 is 0 Å². The summed E-state index contributed by atoms with van der Waals surface area (Å²) in [5.41, 5.74) is 0.532. The lowest BCUT2D eigenvalue weighted by Crippen LogP contribution is -2.39. The van der Waals surface area contributed by atoms with Crippen molar-refractivity contribution in [2.75, 3.05) is 25.0 Å². The Kier molecular flexibility index (Phi) is 6.75. The maximum atomic E-state index is 12.7. The van der Waals surface area contributed by atoms with Gasteiger partial charge < -0.3 is 10.1 Å². The summed E-state index contributed by atoms with van der Waals surface area (Å²) < 4.78 is 32.2. The molecule has 1 N–H and O–H groups in total. The Morgan fingerprint density at radius 2 is 2.12 bits per heavy atom. The molecule has 0 spiro atoms. The zero-order chi connectivity index (χ0) is 18.4. The van der Waals surface area contributed by atoms with Gasteiger partial charge in [0, 0.05) is 18.8 Å². The highest BCUT2D eigenvalue weighted by atomic mass is 32.2. The quantitative estimate of drug-likeness (QED) is 0.753. The van der Waals surface area contributed by atoms with Crippen LogP contribution in [0.15, 0.2) is 41.8 Å². The molecular formula is C18H26N2O4S. The standard InChI is InChI=1S/C18H26N2O4S/c1-4-12-24-15(3)18(21)19-16-7-9-17(10-8-16)25(22,23)20-11-5-6-14(2)13-20/h4,7-10,14-15H,1,5-6,11-13H2,2-3H3,(H,19,21). The van der Waals surface area contributed by atoms with Gasteiger partial charge in [0.1, 0.15) is 6.10 Å². The zero-order valence-electron chi connectivity index (χ0n) is 14.8. The summed E-state index contributed by atoms with van der Waals surface area (Å²) in [5, 5.41) is 2.71. The average Bonchev–Trinajstić information content (AvgIpc) is 2.60. The largest absolute Gasteiger partial charge is 0.365 e. The number of nitrogens with one attached hydrogen (secondary N) is 1. The Bertz CT molecular complexity index is 700. The normalized spacial score (nSPS) is 20.0. The molecule has 0 radical (unpaired) electrons. The van der Waals surface area contributed by atoms with Gasteiger partial charge in [-0.25, -0.2) is 8.42 Å². The van der Waals surface area contributed by atoms with Gasteiger partial charge in [0.05, 0.1) is 11.5 Å². The molecule has 0 aromatic heterocycles. The van der Waals surface area contributed by atoms with E-state index in [4.69, 9.17) is 4.74 Å². The summed E-state index contributed by atoms with van der Waals surface area (Å²) in [6.45, 7) is 8.65. The van der Waals surface area contributed by atoms with E-state index in [9.17, 15) is 13.2 Å². The molecule has 1 amide bonds. The molecule has 25 heavy (non-hydrogen) atoms. The van der Waals surface area contributed by atoms with Crippen molar-refractivity contribution in [2.45, 2.75) is 37.7 Å². The van der Waals surface area contributed by atoms with Crippen molar-refractivity contribution in [1.29, 1.82) is 0 Å². The molecule has 1 heterocycles. The van der Waals surface area contributed by atoms with E-state index in [0.717, 1.165) is 12.8 Å². The number of sulfonamides is 1. The summed E-state index contributed by atoms with van der Waals surface area (Å²) >= 11 is 0.